The van der Waals surface area contributed by atoms with Gasteiger partial charge in [-0.3, -0.25) is 0 Å². The molecule has 8 nitrogen and oxygen atoms in total. The highest BCUT2D eigenvalue weighted by Crippen LogP contribution is 2.47. The van der Waals surface area contributed by atoms with Crippen molar-refractivity contribution in [3.8, 4) is 68.0 Å². The molecule has 6 aromatic heterocycles. The van der Waals surface area contributed by atoms with Crippen LogP contribution in [0.5, 0.6) is 0 Å². The average molecular weight is 1530 g/mol. The van der Waals surface area contributed by atoms with Crippen molar-refractivity contribution >= 4 is 174 Å². The van der Waals surface area contributed by atoms with Gasteiger partial charge in [0.25, 0.3) is 0 Å². The van der Waals surface area contributed by atoms with Crippen LogP contribution in [0, 0.1) is 0 Å². The highest BCUT2D eigenvalue weighted by atomic mass is 15.0. The summed E-state index contributed by atoms with van der Waals surface area (Å²) >= 11 is 0. The minimum Gasteiger partial charge on any atom is -0.309 e. The molecule has 6 heterocycles. The van der Waals surface area contributed by atoms with Crippen molar-refractivity contribution in [1.82, 2.24) is 38.2 Å². The van der Waals surface area contributed by atoms with Crippen LogP contribution in [-0.4, -0.2) is 38.2 Å². The molecule has 0 saturated carbocycles. The Hall–Kier alpha value is -16.2. The molecule has 0 bridgehead atoms. The molecule has 556 valence electrons. The van der Waals surface area contributed by atoms with E-state index in [1.54, 1.807) is 0 Å². The molecule has 0 aliphatic carbocycles. The molecular formula is C112H68N8. The maximum atomic E-state index is 5.46. The normalized spacial score (nSPS) is 12.0. The van der Waals surface area contributed by atoms with E-state index in [0.29, 0.717) is 5.82 Å². The SMILES string of the molecule is c1cc(-c2nc(-c3ccc4c5ccccc5c5ccccc5c4c3)nc3ccccc23)cc(-n2c3cc4ccccc4cc3c3c(-n4c5ccccc5c5ccccc54)cccc32)c1.c1cc(-c2nc(-c3cccc4ccccc34)nc3ccccc23)cc(-n2c3cc4ccccc4cc3c3c(-n4c5ccccc5c5ccccc54)cccc32)c1. The van der Waals surface area contributed by atoms with E-state index < -0.39 is 0 Å². The van der Waals surface area contributed by atoms with Crippen LogP contribution < -0.4 is 0 Å². The fourth-order valence-electron chi connectivity index (χ4n) is 19.7. The molecule has 0 atom stereocenters. The van der Waals surface area contributed by atoms with Gasteiger partial charge < -0.3 is 18.3 Å². The third-order valence-corrected chi connectivity index (χ3v) is 24.9. The molecular weight excluding hydrogens is 1460 g/mol. The van der Waals surface area contributed by atoms with E-state index >= 15 is 0 Å². The highest BCUT2D eigenvalue weighted by molar-refractivity contribution is 6.27. The Morgan fingerprint density at radius 2 is 0.508 bits per heavy atom. The second-order valence-corrected chi connectivity index (χ2v) is 31.5. The lowest BCUT2D eigenvalue weighted by Crippen LogP contribution is -1.98. The molecule has 26 rings (SSSR count). The second-order valence-electron chi connectivity index (χ2n) is 31.5. The molecule has 8 heteroatoms. The number of hydrogen-bond donors (Lipinski definition) is 0. The smallest absolute Gasteiger partial charge is 0.161 e. The number of para-hydroxylation sites is 6. The van der Waals surface area contributed by atoms with Gasteiger partial charge in [0.2, 0.25) is 0 Å². The molecule has 0 spiro atoms. The summed E-state index contributed by atoms with van der Waals surface area (Å²) in [4.78, 5) is 21.2. The van der Waals surface area contributed by atoms with Crippen LogP contribution in [0.25, 0.3) is 242 Å². The second kappa shape index (κ2) is 26.7. The highest BCUT2D eigenvalue weighted by Gasteiger charge is 2.26. The largest absolute Gasteiger partial charge is 0.309 e. The van der Waals surface area contributed by atoms with Crippen molar-refractivity contribution in [3.05, 3.63) is 413 Å². The van der Waals surface area contributed by atoms with E-state index in [0.717, 1.165) is 111 Å². The fourth-order valence-corrected chi connectivity index (χ4v) is 19.7. The number of rotatable bonds is 8. The van der Waals surface area contributed by atoms with Crippen molar-refractivity contribution in [2.75, 3.05) is 0 Å². The minimum absolute atomic E-state index is 0.706. The zero-order valence-electron chi connectivity index (χ0n) is 64.8. The Morgan fingerprint density at radius 1 is 0.167 bits per heavy atom. The van der Waals surface area contributed by atoms with Gasteiger partial charge in [-0.2, -0.15) is 0 Å². The molecule has 0 aliphatic rings. The Labute approximate surface area is 687 Å². The lowest BCUT2D eigenvalue weighted by atomic mass is 9.93. The number of benzene rings is 20. The van der Waals surface area contributed by atoms with Crippen molar-refractivity contribution in [1.29, 1.82) is 0 Å². The first-order valence-corrected chi connectivity index (χ1v) is 41.0. The van der Waals surface area contributed by atoms with Crippen LogP contribution >= 0.6 is 0 Å². The van der Waals surface area contributed by atoms with Gasteiger partial charge in [0.1, 0.15) is 0 Å². The van der Waals surface area contributed by atoms with Gasteiger partial charge >= 0.3 is 0 Å². The van der Waals surface area contributed by atoms with Gasteiger partial charge in [0.15, 0.2) is 11.6 Å². The maximum absolute atomic E-state index is 5.46. The zero-order chi connectivity index (χ0) is 78.6. The molecule has 20 aromatic carbocycles. The van der Waals surface area contributed by atoms with E-state index in [2.05, 4.69) is 431 Å². The summed E-state index contributed by atoms with van der Waals surface area (Å²) in [5.74, 6) is 1.43. The Morgan fingerprint density at radius 3 is 0.983 bits per heavy atom. The molecule has 0 saturated heterocycles. The summed E-state index contributed by atoms with van der Waals surface area (Å²) in [6, 6.07) is 149. The molecule has 0 radical (unpaired) electrons. The Bertz CT molecular complexity index is 8690. The number of nitrogens with zero attached hydrogens (tertiary/aromatic N) is 8. The third-order valence-electron chi connectivity index (χ3n) is 24.9. The first-order valence-electron chi connectivity index (χ1n) is 41.0. The van der Waals surface area contributed by atoms with Crippen LogP contribution in [0.3, 0.4) is 0 Å². The first kappa shape index (κ1) is 67.2. The standard InChI is InChI=1S/C60H36N4.C52H32N4/c1-2-16-38-36-57-51(34-37(38)15-1)58-55(29-14-30-56(58)64-53-27-11-8-23-47(53)48-24-9-12-28-54(48)64)63(57)41-18-13-17-39(33-41)59-49-25-7-10-26-52(49)61-60(62-59)40-31-32-46-44-21-4-3-19-42(44)43-20-5-6-22-45(43)50(46)35-40;1-2-16-35-32-49-43(31-34(35)15-1)50-47(28-13-29-48(50)56-45-26-9-6-21-39(45)40-22-7-10-27-46(40)56)55(49)37-19-11-18-36(30-37)51-42-23-5-8-25-44(42)53-52(54-51)41-24-12-17-33-14-3-4-20-38(33)41/h1-36H;1-32H. The number of hydrogen-bond acceptors (Lipinski definition) is 4. The van der Waals surface area contributed by atoms with Gasteiger partial charge in [-0.25, -0.2) is 19.9 Å². The summed E-state index contributed by atoms with van der Waals surface area (Å²) in [5, 5.41) is 26.5. The van der Waals surface area contributed by atoms with Crippen molar-refractivity contribution in [2.24, 2.45) is 0 Å². The van der Waals surface area contributed by atoms with Crippen molar-refractivity contribution < 1.29 is 0 Å². The Balaban J connectivity index is 0.000000134. The van der Waals surface area contributed by atoms with Crippen molar-refractivity contribution in [2.45, 2.75) is 0 Å². The molecule has 0 amide bonds. The van der Waals surface area contributed by atoms with Crippen LogP contribution in [0.2, 0.25) is 0 Å². The summed E-state index contributed by atoms with van der Waals surface area (Å²) in [6.45, 7) is 0. The van der Waals surface area contributed by atoms with E-state index in [4.69, 9.17) is 19.9 Å². The van der Waals surface area contributed by atoms with Gasteiger partial charge in [0, 0.05) is 87.5 Å². The number of aromatic nitrogens is 8. The average Bonchev–Trinajstić information content (AvgIpc) is 1.52. The van der Waals surface area contributed by atoms with Gasteiger partial charge in [-0.15, -0.1) is 0 Å². The molecule has 0 aliphatic heterocycles. The van der Waals surface area contributed by atoms with Gasteiger partial charge in [-0.1, -0.05) is 297 Å². The van der Waals surface area contributed by atoms with Crippen LogP contribution in [-0.2, 0) is 0 Å². The van der Waals surface area contributed by atoms with E-state index in [1.807, 2.05) is 0 Å². The van der Waals surface area contributed by atoms with E-state index in [1.165, 1.54) is 124 Å². The van der Waals surface area contributed by atoms with Gasteiger partial charge in [-0.05, 0) is 180 Å². The van der Waals surface area contributed by atoms with Crippen LogP contribution in [0.1, 0.15) is 0 Å². The monoisotopic (exact) mass is 1520 g/mol. The molecule has 0 N–H and O–H groups in total. The summed E-state index contributed by atoms with van der Waals surface area (Å²) in [5.41, 5.74) is 21.6. The third kappa shape index (κ3) is 10.4. The molecule has 0 unspecified atom stereocenters. The summed E-state index contributed by atoms with van der Waals surface area (Å²) < 4.78 is 9.78. The quantitative estimate of drug-likeness (QED) is 0.142. The minimum atomic E-state index is 0.706. The summed E-state index contributed by atoms with van der Waals surface area (Å²) in [7, 11) is 0. The molecule has 0 fully saturated rings. The topological polar surface area (TPSA) is 71.3 Å². The predicted octanol–water partition coefficient (Wildman–Crippen LogP) is 29.2. The molecule has 120 heavy (non-hydrogen) atoms. The maximum Gasteiger partial charge on any atom is 0.161 e. The Kier molecular flexibility index (Phi) is 15.0. The van der Waals surface area contributed by atoms with E-state index in [-0.39, 0.29) is 0 Å². The van der Waals surface area contributed by atoms with Crippen LogP contribution in [0.4, 0.5) is 0 Å². The summed E-state index contributed by atoms with van der Waals surface area (Å²) in [6.07, 6.45) is 0. The van der Waals surface area contributed by atoms with Crippen LogP contribution in [0.15, 0.2) is 413 Å². The lowest BCUT2D eigenvalue weighted by molar-refractivity contribution is 1.17. The van der Waals surface area contributed by atoms with Crippen molar-refractivity contribution in [3.63, 3.8) is 0 Å². The zero-order valence-corrected chi connectivity index (χ0v) is 64.8. The predicted molar refractivity (Wildman–Crippen MR) is 503 cm³/mol. The lowest BCUT2D eigenvalue weighted by Gasteiger charge is -2.14. The van der Waals surface area contributed by atoms with Gasteiger partial charge in [0.05, 0.1) is 77.9 Å². The number of fused-ring (bicyclic) bond motifs is 23. The fraction of sp³-hybridized carbons (Fsp3) is 0. The molecule has 26 aromatic rings. The van der Waals surface area contributed by atoms with E-state index in [9.17, 15) is 0 Å². The first-order chi connectivity index (χ1) is 59.5.